The highest BCUT2D eigenvalue weighted by atomic mass is 33.1. The molecule has 0 aliphatic rings. The van der Waals surface area contributed by atoms with Gasteiger partial charge in [0.2, 0.25) is 11.6 Å². The van der Waals surface area contributed by atoms with E-state index in [-0.39, 0.29) is 0 Å². The molecule has 0 fully saturated rings. The van der Waals surface area contributed by atoms with E-state index >= 15 is 0 Å². The summed E-state index contributed by atoms with van der Waals surface area (Å²) in [6, 6.07) is 32.9. The molecule has 0 N–H and O–H groups in total. The third-order valence-corrected chi connectivity index (χ3v) is 10.9. The van der Waals surface area contributed by atoms with Crippen molar-refractivity contribution >= 4 is 21.6 Å². The maximum Gasteiger partial charge on any atom is 0.209 e. The quantitative estimate of drug-likeness (QED) is 0.124. The first-order valence-corrected chi connectivity index (χ1v) is 18.8. The summed E-state index contributed by atoms with van der Waals surface area (Å²) in [5, 5.41) is 38.8. The number of nitrogens with zero attached hydrogens (tertiary/aromatic N) is 12. The molecule has 258 valence electrons. The Bertz CT molecular complexity index is 2340. The van der Waals surface area contributed by atoms with Gasteiger partial charge in [-0.25, -0.2) is 9.36 Å². The van der Waals surface area contributed by atoms with Crippen LogP contribution in [0.3, 0.4) is 0 Å². The highest BCUT2D eigenvalue weighted by Crippen LogP contribution is 2.46. The number of hydrogen-bond donors (Lipinski definition) is 0. The molecule has 0 aliphatic heterocycles. The molecule has 0 spiro atoms. The SMILES string of the molecule is Cc1cccc(Cn2nnc(-c3cnn(-c4ccccc4C)c3SSc3c(-c4nnn(Cc5cccc(C)c5)n4)cnn3-c3ccccc3C)n2)c1. The van der Waals surface area contributed by atoms with E-state index in [9.17, 15) is 0 Å². The summed E-state index contributed by atoms with van der Waals surface area (Å²) in [6.45, 7) is 9.32. The van der Waals surface area contributed by atoms with Gasteiger partial charge in [-0.05, 0) is 94.1 Å². The second-order valence-corrected chi connectivity index (χ2v) is 14.7. The van der Waals surface area contributed by atoms with Crippen LogP contribution in [-0.2, 0) is 13.1 Å². The largest absolute Gasteiger partial charge is 0.225 e. The van der Waals surface area contributed by atoms with Crippen molar-refractivity contribution in [3.05, 3.63) is 143 Å². The Kier molecular flexibility index (Phi) is 9.22. The van der Waals surface area contributed by atoms with Crippen molar-refractivity contribution in [3.63, 3.8) is 0 Å². The fourth-order valence-corrected chi connectivity index (χ4v) is 8.44. The van der Waals surface area contributed by atoms with Crippen LogP contribution in [0, 0.1) is 27.7 Å². The van der Waals surface area contributed by atoms with Gasteiger partial charge in [-0.15, -0.1) is 20.4 Å². The Morgan fingerprint density at radius 2 is 0.962 bits per heavy atom. The summed E-state index contributed by atoms with van der Waals surface area (Å²) in [5.74, 6) is 0.980. The number of aromatic nitrogens is 12. The Morgan fingerprint density at radius 3 is 1.38 bits per heavy atom. The maximum atomic E-state index is 4.86. The van der Waals surface area contributed by atoms with E-state index in [4.69, 9.17) is 20.4 Å². The molecule has 0 amide bonds. The molecule has 8 aromatic rings. The van der Waals surface area contributed by atoms with Gasteiger partial charge in [0.15, 0.2) is 0 Å². The second-order valence-electron chi connectivity index (χ2n) is 12.6. The van der Waals surface area contributed by atoms with Crippen LogP contribution >= 0.6 is 21.6 Å². The van der Waals surface area contributed by atoms with Crippen molar-refractivity contribution in [2.75, 3.05) is 0 Å². The minimum absolute atomic E-state index is 0.490. The van der Waals surface area contributed by atoms with Gasteiger partial charge in [0.05, 0.1) is 48.0 Å². The highest BCUT2D eigenvalue weighted by molar-refractivity contribution is 8.76. The molecule has 0 aliphatic carbocycles. The molecule has 12 nitrogen and oxygen atoms in total. The summed E-state index contributed by atoms with van der Waals surface area (Å²) in [7, 11) is 3.09. The van der Waals surface area contributed by atoms with Crippen molar-refractivity contribution in [2.45, 2.75) is 50.8 Å². The average Bonchev–Trinajstić information content (AvgIpc) is 3.95. The zero-order valence-corrected chi connectivity index (χ0v) is 30.6. The first-order valence-electron chi connectivity index (χ1n) is 16.7. The van der Waals surface area contributed by atoms with E-state index in [2.05, 4.69) is 109 Å². The molecule has 0 saturated heterocycles. The molecule has 0 atom stereocenters. The van der Waals surface area contributed by atoms with Gasteiger partial charge in [-0.1, -0.05) is 96.1 Å². The number of tetrazole rings is 2. The third-order valence-electron chi connectivity index (χ3n) is 8.54. The molecule has 0 saturated carbocycles. The Balaban J connectivity index is 1.17. The van der Waals surface area contributed by atoms with Gasteiger partial charge >= 0.3 is 0 Å². The maximum absolute atomic E-state index is 4.86. The summed E-state index contributed by atoms with van der Waals surface area (Å²) in [6.07, 6.45) is 3.61. The van der Waals surface area contributed by atoms with E-state index in [0.717, 1.165) is 54.8 Å². The highest BCUT2D eigenvalue weighted by Gasteiger charge is 2.25. The lowest BCUT2D eigenvalue weighted by atomic mass is 10.1. The van der Waals surface area contributed by atoms with Crippen LogP contribution in [0.1, 0.15) is 33.4 Å². The fourth-order valence-electron chi connectivity index (χ4n) is 5.95. The van der Waals surface area contributed by atoms with Crippen molar-refractivity contribution in [2.24, 2.45) is 0 Å². The molecule has 8 rings (SSSR count). The monoisotopic (exact) mass is 722 g/mol. The number of para-hydroxylation sites is 2. The summed E-state index contributed by atoms with van der Waals surface area (Å²) < 4.78 is 3.88. The fraction of sp³-hybridized carbons (Fsp3) is 0.158. The Labute approximate surface area is 308 Å². The standard InChI is InChI=1S/C38H34N12S2/c1-25-11-9-15-29(19-25)23-47-43-35(41-45-47)31-21-39-49(33-17-7-5-13-27(33)3)37(31)51-52-38-32(22-40-50(38)34-18-8-6-14-28(34)4)36-42-46-48(44-36)24-30-16-10-12-26(2)20-30/h5-22H,23-24H2,1-4H3. The number of rotatable bonds is 11. The van der Waals surface area contributed by atoms with Gasteiger partial charge in [-0.3, -0.25) is 0 Å². The van der Waals surface area contributed by atoms with E-state index in [1.807, 2.05) is 45.8 Å². The number of benzene rings is 4. The van der Waals surface area contributed by atoms with Gasteiger partial charge in [-0.2, -0.15) is 19.8 Å². The first kappa shape index (κ1) is 33.3. The van der Waals surface area contributed by atoms with Crippen LogP contribution in [0.2, 0.25) is 0 Å². The first-order chi connectivity index (χ1) is 25.4. The van der Waals surface area contributed by atoms with Gasteiger partial charge in [0.25, 0.3) is 0 Å². The van der Waals surface area contributed by atoms with E-state index in [1.54, 1.807) is 43.6 Å². The van der Waals surface area contributed by atoms with Crippen LogP contribution in [0.25, 0.3) is 34.2 Å². The van der Waals surface area contributed by atoms with Crippen LogP contribution in [0.5, 0.6) is 0 Å². The Hall–Kier alpha value is -5.86. The van der Waals surface area contributed by atoms with Gasteiger partial charge in [0, 0.05) is 0 Å². The number of hydrogen-bond acceptors (Lipinski definition) is 10. The molecule has 0 unspecified atom stereocenters. The molecule has 0 radical (unpaired) electrons. The van der Waals surface area contributed by atoms with Gasteiger partial charge in [0.1, 0.15) is 10.1 Å². The van der Waals surface area contributed by atoms with Crippen LogP contribution in [-0.4, -0.2) is 60.0 Å². The topological polar surface area (TPSA) is 123 Å². The molecule has 14 heteroatoms. The molecule has 4 heterocycles. The Morgan fingerprint density at radius 1 is 0.519 bits per heavy atom. The van der Waals surface area contributed by atoms with Crippen LogP contribution in [0.4, 0.5) is 0 Å². The normalized spacial score (nSPS) is 11.4. The van der Waals surface area contributed by atoms with Crippen molar-refractivity contribution in [3.8, 4) is 34.2 Å². The molecule has 52 heavy (non-hydrogen) atoms. The van der Waals surface area contributed by atoms with Crippen LogP contribution in [0.15, 0.2) is 120 Å². The lowest BCUT2D eigenvalue weighted by Gasteiger charge is -2.13. The lowest BCUT2D eigenvalue weighted by Crippen LogP contribution is -2.04. The summed E-state index contributed by atoms with van der Waals surface area (Å²) >= 11 is 0. The van der Waals surface area contributed by atoms with E-state index < -0.39 is 0 Å². The minimum atomic E-state index is 0.490. The van der Waals surface area contributed by atoms with Crippen molar-refractivity contribution < 1.29 is 0 Å². The minimum Gasteiger partial charge on any atom is -0.225 e. The zero-order valence-electron chi connectivity index (χ0n) is 29.0. The smallest absolute Gasteiger partial charge is 0.209 e. The molecular formula is C38H34N12S2. The summed E-state index contributed by atoms with van der Waals surface area (Å²) in [5.41, 5.74) is 10.2. The molecule has 4 aromatic heterocycles. The predicted molar refractivity (Wildman–Crippen MR) is 202 cm³/mol. The predicted octanol–water partition coefficient (Wildman–Crippen LogP) is 7.49. The molecule has 4 aromatic carbocycles. The third kappa shape index (κ3) is 6.90. The van der Waals surface area contributed by atoms with Crippen molar-refractivity contribution in [1.29, 1.82) is 0 Å². The average molecular weight is 723 g/mol. The molecular weight excluding hydrogens is 689 g/mol. The van der Waals surface area contributed by atoms with Crippen LogP contribution < -0.4 is 0 Å². The summed E-state index contributed by atoms with van der Waals surface area (Å²) in [4.78, 5) is 3.24. The van der Waals surface area contributed by atoms with Crippen molar-refractivity contribution in [1.82, 2.24) is 60.0 Å². The second kappa shape index (κ2) is 14.4. The van der Waals surface area contributed by atoms with E-state index in [1.165, 1.54) is 11.1 Å². The van der Waals surface area contributed by atoms with E-state index in [0.29, 0.717) is 24.7 Å². The van der Waals surface area contributed by atoms with Gasteiger partial charge < -0.3 is 0 Å². The lowest BCUT2D eigenvalue weighted by molar-refractivity contribution is 0.572. The number of aryl methyl sites for hydroxylation is 4. The zero-order chi connectivity index (χ0) is 35.6. The molecule has 0 bridgehead atoms.